The maximum absolute atomic E-state index is 12.6. The molecule has 3 rings (SSSR count). The van der Waals surface area contributed by atoms with Gasteiger partial charge >= 0.3 is 0 Å². The number of Topliss-reactive ketones (excluding diaryl/α,β-unsaturated/α-hetero) is 1. The molecule has 1 amide bonds. The van der Waals surface area contributed by atoms with Crippen LogP contribution in [0.1, 0.15) is 36.5 Å². The first kappa shape index (κ1) is 20.1. The first-order chi connectivity index (χ1) is 13.6. The molecule has 0 aliphatic heterocycles. The van der Waals surface area contributed by atoms with E-state index >= 15 is 0 Å². The molecule has 0 aliphatic rings. The number of thioether (sulfide) groups is 1. The van der Waals surface area contributed by atoms with E-state index in [1.807, 2.05) is 54.0 Å². The van der Waals surface area contributed by atoms with Crippen molar-refractivity contribution in [1.82, 2.24) is 20.1 Å². The summed E-state index contributed by atoms with van der Waals surface area (Å²) in [5, 5.41) is 14.2. The summed E-state index contributed by atoms with van der Waals surface area (Å²) in [7, 11) is 0. The van der Waals surface area contributed by atoms with Crippen LogP contribution in [0.5, 0.6) is 0 Å². The number of aromatic nitrogens is 3. The fourth-order valence-electron chi connectivity index (χ4n) is 3.02. The minimum atomic E-state index is -0.0274. The molecule has 0 atom stereocenters. The fourth-order valence-corrected chi connectivity index (χ4v) is 3.93. The molecule has 28 heavy (non-hydrogen) atoms. The average molecular weight is 397 g/mol. The Labute approximate surface area is 168 Å². The summed E-state index contributed by atoms with van der Waals surface area (Å²) in [5.74, 6) is 1.25. The Kier molecular flexibility index (Phi) is 6.81. The molecule has 3 aromatic rings. The first-order valence-electron chi connectivity index (χ1n) is 9.39. The zero-order valence-electron chi connectivity index (χ0n) is 16.1. The van der Waals surface area contributed by atoms with E-state index in [2.05, 4.69) is 15.5 Å². The molecule has 0 unspecified atom stereocenters. The number of ketones is 1. The minimum Gasteiger partial charge on any atom is -0.356 e. The Hall–Kier alpha value is -2.67. The van der Waals surface area contributed by atoms with Gasteiger partial charge in [-0.2, -0.15) is 0 Å². The van der Waals surface area contributed by atoms with Crippen LogP contribution in [-0.2, 0) is 17.8 Å². The standard InChI is InChI=1S/C21H24N4O2S/c1-3-25-20(9-6-12-22-15(2)26)23-24-21(25)28-14-19(27)18-11-10-16-7-4-5-8-17(16)13-18/h4-5,7-8,10-11,13H,3,6,9,12,14H2,1-2H3,(H,22,26). The zero-order valence-corrected chi connectivity index (χ0v) is 17.0. The quantitative estimate of drug-likeness (QED) is 0.340. The molecule has 1 aromatic heterocycles. The predicted molar refractivity (Wildman–Crippen MR) is 112 cm³/mol. The third-order valence-corrected chi connectivity index (χ3v) is 5.43. The van der Waals surface area contributed by atoms with Gasteiger partial charge in [0.25, 0.3) is 0 Å². The van der Waals surface area contributed by atoms with E-state index < -0.39 is 0 Å². The van der Waals surface area contributed by atoms with E-state index in [9.17, 15) is 9.59 Å². The third-order valence-electron chi connectivity index (χ3n) is 4.46. The number of nitrogens with zero attached hydrogens (tertiary/aromatic N) is 3. The van der Waals surface area contributed by atoms with E-state index in [0.29, 0.717) is 17.9 Å². The number of aryl methyl sites for hydroxylation is 1. The van der Waals surface area contributed by atoms with E-state index in [-0.39, 0.29) is 11.7 Å². The van der Waals surface area contributed by atoms with Crippen molar-refractivity contribution in [2.45, 2.75) is 38.4 Å². The first-order valence-corrected chi connectivity index (χ1v) is 10.4. The second-order valence-corrected chi connectivity index (χ2v) is 7.45. The van der Waals surface area contributed by atoms with Crippen molar-refractivity contribution in [3.05, 3.63) is 53.9 Å². The van der Waals surface area contributed by atoms with Crippen LogP contribution in [0.3, 0.4) is 0 Å². The lowest BCUT2D eigenvalue weighted by atomic mass is 10.1. The second kappa shape index (κ2) is 9.50. The van der Waals surface area contributed by atoms with Gasteiger partial charge in [-0.25, -0.2) is 0 Å². The Morgan fingerprint density at radius 1 is 1.11 bits per heavy atom. The second-order valence-electron chi connectivity index (χ2n) is 6.50. The molecule has 0 aliphatic carbocycles. The number of rotatable bonds is 9. The summed E-state index contributed by atoms with van der Waals surface area (Å²) in [6.45, 7) is 4.91. The van der Waals surface area contributed by atoms with Crippen molar-refractivity contribution in [2.75, 3.05) is 12.3 Å². The molecule has 2 aromatic carbocycles. The molecule has 0 saturated heterocycles. The van der Waals surface area contributed by atoms with Gasteiger partial charge in [0.15, 0.2) is 10.9 Å². The van der Waals surface area contributed by atoms with Gasteiger partial charge < -0.3 is 9.88 Å². The number of carbonyl (C=O) groups excluding carboxylic acids is 2. The summed E-state index contributed by atoms with van der Waals surface area (Å²) in [5.41, 5.74) is 0.712. The zero-order chi connectivity index (χ0) is 19.9. The van der Waals surface area contributed by atoms with Crippen molar-refractivity contribution < 1.29 is 9.59 Å². The van der Waals surface area contributed by atoms with Gasteiger partial charge in [0, 0.05) is 32.0 Å². The van der Waals surface area contributed by atoms with E-state index in [1.54, 1.807) is 0 Å². The molecule has 0 spiro atoms. The number of carbonyl (C=O) groups is 2. The van der Waals surface area contributed by atoms with Crippen molar-refractivity contribution in [1.29, 1.82) is 0 Å². The summed E-state index contributed by atoms with van der Waals surface area (Å²) in [6, 6.07) is 13.8. The van der Waals surface area contributed by atoms with Crippen molar-refractivity contribution in [3.8, 4) is 0 Å². The van der Waals surface area contributed by atoms with Gasteiger partial charge in [0.1, 0.15) is 5.82 Å². The highest BCUT2D eigenvalue weighted by molar-refractivity contribution is 7.99. The molecule has 1 heterocycles. The van der Waals surface area contributed by atoms with E-state index in [0.717, 1.165) is 41.1 Å². The van der Waals surface area contributed by atoms with Crippen LogP contribution < -0.4 is 5.32 Å². The van der Waals surface area contributed by atoms with Gasteiger partial charge in [0.05, 0.1) is 5.75 Å². The van der Waals surface area contributed by atoms with Crippen molar-refractivity contribution >= 4 is 34.2 Å². The number of hydrogen-bond donors (Lipinski definition) is 1. The summed E-state index contributed by atoms with van der Waals surface area (Å²) >= 11 is 1.41. The minimum absolute atomic E-state index is 0.0274. The largest absolute Gasteiger partial charge is 0.356 e. The molecule has 0 bridgehead atoms. The molecule has 146 valence electrons. The molecular formula is C21H24N4O2S. The van der Waals surface area contributed by atoms with Gasteiger partial charge in [-0.05, 0) is 30.2 Å². The normalized spacial score (nSPS) is 10.9. The predicted octanol–water partition coefficient (Wildman–Crippen LogP) is 3.49. The smallest absolute Gasteiger partial charge is 0.216 e. The topological polar surface area (TPSA) is 76.9 Å². The molecule has 0 saturated carbocycles. The Morgan fingerprint density at radius 3 is 2.64 bits per heavy atom. The summed E-state index contributed by atoms with van der Waals surface area (Å²) in [6.07, 6.45) is 1.54. The van der Waals surface area contributed by atoms with Crippen LogP contribution in [0.2, 0.25) is 0 Å². The highest BCUT2D eigenvalue weighted by Crippen LogP contribution is 2.21. The molecule has 0 radical (unpaired) electrons. The van der Waals surface area contributed by atoms with E-state index in [4.69, 9.17) is 0 Å². The molecule has 0 fully saturated rings. The van der Waals surface area contributed by atoms with Crippen molar-refractivity contribution in [3.63, 3.8) is 0 Å². The number of amides is 1. The number of nitrogens with one attached hydrogen (secondary N) is 1. The molecule has 7 heteroatoms. The number of hydrogen-bond acceptors (Lipinski definition) is 5. The summed E-state index contributed by atoms with van der Waals surface area (Å²) < 4.78 is 2.03. The molecule has 6 nitrogen and oxygen atoms in total. The lowest BCUT2D eigenvalue weighted by molar-refractivity contribution is -0.118. The lowest BCUT2D eigenvalue weighted by Gasteiger charge is -2.07. The van der Waals surface area contributed by atoms with E-state index in [1.165, 1.54) is 18.7 Å². The third kappa shape index (κ3) is 4.98. The number of benzene rings is 2. The Morgan fingerprint density at radius 2 is 1.89 bits per heavy atom. The van der Waals surface area contributed by atoms with Crippen LogP contribution in [0.4, 0.5) is 0 Å². The average Bonchev–Trinajstić information content (AvgIpc) is 3.10. The van der Waals surface area contributed by atoms with Gasteiger partial charge in [-0.15, -0.1) is 10.2 Å². The van der Waals surface area contributed by atoms with Gasteiger partial charge in [-0.3, -0.25) is 9.59 Å². The maximum Gasteiger partial charge on any atom is 0.216 e. The maximum atomic E-state index is 12.6. The van der Waals surface area contributed by atoms with Gasteiger partial charge in [-0.1, -0.05) is 48.2 Å². The SMILES string of the molecule is CCn1c(CCCNC(C)=O)nnc1SCC(=O)c1ccc2ccccc2c1. The van der Waals surface area contributed by atoms with Crippen LogP contribution in [0, 0.1) is 0 Å². The Balaban J connectivity index is 1.61. The number of fused-ring (bicyclic) bond motifs is 1. The lowest BCUT2D eigenvalue weighted by Crippen LogP contribution is -2.21. The Bertz CT molecular complexity index is 983. The highest BCUT2D eigenvalue weighted by Gasteiger charge is 2.14. The van der Waals surface area contributed by atoms with Crippen molar-refractivity contribution in [2.24, 2.45) is 0 Å². The monoisotopic (exact) mass is 396 g/mol. The summed E-state index contributed by atoms with van der Waals surface area (Å²) in [4.78, 5) is 23.6. The van der Waals surface area contributed by atoms with Crippen LogP contribution >= 0.6 is 11.8 Å². The molecule has 1 N–H and O–H groups in total. The molecular weight excluding hydrogens is 372 g/mol. The van der Waals surface area contributed by atoms with Crippen LogP contribution in [0.15, 0.2) is 47.6 Å². The fraction of sp³-hybridized carbons (Fsp3) is 0.333. The van der Waals surface area contributed by atoms with Gasteiger partial charge in [0.2, 0.25) is 5.91 Å². The van der Waals surface area contributed by atoms with Crippen LogP contribution in [0.25, 0.3) is 10.8 Å². The highest BCUT2D eigenvalue weighted by atomic mass is 32.2. The van der Waals surface area contributed by atoms with Crippen LogP contribution in [-0.4, -0.2) is 38.8 Å².